The molecule has 0 spiro atoms. The number of benzene rings is 1. The molecule has 0 atom stereocenters. The third-order valence-electron chi connectivity index (χ3n) is 3.90. The minimum Gasteiger partial charge on any atom is -0.310 e. The third kappa shape index (κ3) is 3.90. The summed E-state index contributed by atoms with van der Waals surface area (Å²) in [7, 11) is 0. The number of hydrogen-bond acceptors (Lipinski definition) is 4. The topological polar surface area (TPSA) is 28.2 Å². The van der Waals surface area contributed by atoms with Crippen LogP contribution >= 0.6 is 11.3 Å². The van der Waals surface area contributed by atoms with Gasteiger partial charge in [-0.3, -0.25) is 4.90 Å². The Morgan fingerprint density at radius 3 is 3.00 bits per heavy atom. The van der Waals surface area contributed by atoms with Crippen LogP contribution in [0.2, 0.25) is 0 Å². The molecule has 1 aliphatic rings. The predicted octanol–water partition coefficient (Wildman–Crippen LogP) is 3.20. The molecule has 4 heteroatoms. The first kappa shape index (κ1) is 14.7. The Morgan fingerprint density at radius 1 is 1.29 bits per heavy atom. The molecule has 1 aliphatic heterocycles. The molecule has 2 aromatic rings. The normalized spacial score (nSPS) is 15.1. The lowest BCUT2D eigenvalue weighted by Gasteiger charge is -2.27. The van der Waals surface area contributed by atoms with Crippen LogP contribution in [-0.2, 0) is 26.1 Å². The maximum Gasteiger partial charge on any atom is 0.107 e. The molecule has 21 heavy (non-hydrogen) atoms. The third-order valence-corrected chi connectivity index (χ3v) is 4.80. The first-order valence-corrected chi connectivity index (χ1v) is 8.66. The van der Waals surface area contributed by atoms with Gasteiger partial charge < -0.3 is 5.32 Å². The van der Waals surface area contributed by atoms with Crippen molar-refractivity contribution in [1.82, 2.24) is 15.2 Å². The Hall–Kier alpha value is -1.23. The van der Waals surface area contributed by atoms with Gasteiger partial charge in [-0.2, -0.15) is 0 Å². The van der Waals surface area contributed by atoms with Gasteiger partial charge in [0.2, 0.25) is 0 Å². The van der Waals surface area contributed by atoms with Crippen molar-refractivity contribution >= 4 is 11.3 Å². The predicted molar refractivity (Wildman–Crippen MR) is 88.4 cm³/mol. The van der Waals surface area contributed by atoms with E-state index >= 15 is 0 Å². The van der Waals surface area contributed by atoms with Crippen molar-refractivity contribution in [2.75, 3.05) is 13.1 Å². The van der Waals surface area contributed by atoms with Crippen LogP contribution < -0.4 is 5.32 Å². The van der Waals surface area contributed by atoms with Gasteiger partial charge in [-0.1, -0.05) is 31.2 Å². The second kappa shape index (κ2) is 7.16. The van der Waals surface area contributed by atoms with Gasteiger partial charge in [-0.05, 0) is 30.5 Å². The first-order valence-electron chi connectivity index (χ1n) is 7.78. The molecule has 0 unspecified atom stereocenters. The summed E-state index contributed by atoms with van der Waals surface area (Å²) in [5.41, 5.74) is 4.20. The van der Waals surface area contributed by atoms with E-state index < -0.39 is 0 Å². The zero-order valence-corrected chi connectivity index (χ0v) is 13.5. The average Bonchev–Trinajstić information content (AvgIpc) is 2.95. The number of rotatable bonds is 6. The molecule has 1 aromatic carbocycles. The Balaban J connectivity index is 1.55. The van der Waals surface area contributed by atoms with Crippen molar-refractivity contribution in [2.24, 2.45) is 0 Å². The van der Waals surface area contributed by atoms with E-state index in [1.165, 1.54) is 28.2 Å². The molecule has 0 amide bonds. The molecule has 0 saturated heterocycles. The van der Waals surface area contributed by atoms with E-state index in [-0.39, 0.29) is 0 Å². The van der Waals surface area contributed by atoms with Crippen LogP contribution in [-0.4, -0.2) is 23.0 Å². The lowest BCUT2D eigenvalue weighted by Crippen LogP contribution is -2.30. The van der Waals surface area contributed by atoms with Gasteiger partial charge >= 0.3 is 0 Å². The number of aromatic nitrogens is 1. The van der Waals surface area contributed by atoms with Gasteiger partial charge in [-0.15, -0.1) is 11.3 Å². The molecule has 0 radical (unpaired) electrons. The van der Waals surface area contributed by atoms with Crippen LogP contribution in [0.4, 0.5) is 0 Å². The summed E-state index contributed by atoms with van der Waals surface area (Å²) in [6.45, 7) is 7.32. The van der Waals surface area contributed by atoms with Gasteiger partial charge in [0.25, 0.3) is 0 Å². The summed E-state index contributed by atoms with van der Waals surface area (Å²) in [5.74, 6) is 0. The molecule has 3 rings (SSSR count). The molecule has 3 nitrogen and oxygen atoms in total. The van der Waals surface area contributed by atoms with Crippen molar-refractivity contribution < 1.29 is 0 Å². The largest absolute Gasteiger partial charge is 0.310 e. The standard InChI is InChI=1S/C17H23N3S/c1-2-8-18-10-17-19-16(13-21-17)12-20-9-7-14-5-3-4-6-15(14)11-20/h3-6,13,18H,2,7-12H2,1H3. The smallest absolute Gasteiger partial charge is 0.107 e. The Kier molecular flexibility index (Phi) is 5.01. The maximum absolute atomic E-state index is 4.75. The number of fused-ring (bicyclic) bond motifs is 1. The molecule has 0 saturated carbocycles. The SMILES string of the molecule is CCCNCc1nc(CN2CCc3ccccc3C2)cs1. The van der Waals surface area contributed by atoms with Crippen molar-refractivity contribution in [2.45, 2.75) is 39.4 Å². The highest BCUT2D eigenvalue weighted by Crippen LogP contribution is 2.20. The highest BCUT2D eigenvalue weighted by atomic mass is 32.1. The van der Waals surface area contributed by atoms with Gasteiger partial charge in [-0.25, -0.2) is 4.98 Å². The molecule has 0 aliphatic carbocycles. The highest BCUT2D eigenvalue weighted by Gasteiger charge is 2.16. The quantitative estimate of drug-likeness (QED) is 0.831. The van der Waals surface area contributed by atoms with Crippen LogP contribution in [0, 0.1) is 0 Å². The number of hydrogen-bond donors (Lipinski definition) is 1. The van der Waals surface area contributed by atoms with Crippen molar-refractivity contribution in [3.8, 4) is 0 Å². The zero-order valence-electron chi connectivity index (χ0n) is 12.6. The van der Waals surface area contributed by atoms with Crippen molar-refractivity contribution in [3.63, 3.8) is 0 Å². The minimum atomic E-state index is 0.904. The van der Waals surface area contributed by atoms with Crippen LogP contribution in [0.3, 0.4) is 0 Å². The molecule has 2 heterocycles. The second-order valence-corrected chi connectivity index (χ2v) is 6.58. The summed E-state index contributed by atoms with van der Waals surface area (Å²) in [5, 5.41) is 6.83. The molecule has 112 valence electrons. The number of thiazole rings is 1. The zero-order chi connectivity index (χ0) is 14.5. The Labute approximate surface area is 131 Å². The molecule has 0 bridgehead atoms. The summed E-state index contributed by atoms with van der Waals surface area (Å²) in [6, 6.07) is 8.79. The minimum absolute atomic E-state index is 0.904. The van der Waals surface area contributed by atoms with E-state index in [1.54, 1.807) is 11.3 Å². The average molecular weight is 301 g/mol. The summed E-state index contributed by atoms with van der Waals surface area (Å²) in [6.07, 6.45) is 2.33. The van der Waals surface area contributed by atoms with Crippen molar-refractivity contribution in [1.29, 1.82) is 0 Å². The maximum atomic E-state index is 4.75. The number of nitrogens with one attached hydrogen (secondary N) is 1. The van der Waals surface area contributed by atoms with Crippen molar-refractivity contribution in [3.05, 3.63) is 51.5 Å². The molecule has 0 fully saturated rings. The molecule has 1 N–H and O–H groups in total. The summed E-state index contributed by atoms with van der Waals surface area (Å²) < 4.78 is 0. The fourth-order valence-electron chi connectivity index (χ4n) is 2.79. The van der Waals surface area contributed by atoms with Gasteiger partial charge in [0.1, 0.15) is 5.01 Å². The van der Waals surface area contributed by atoms with E-state index in [0.717, 1.165) is 39.1 Å². The van der Waals surface area contributed by atoms with E-state index in [0.29, 0.717) is 0 Å². The molecular weight excluding hydrogens is 278 g/mol. The number of nitrogens with zero attached hydrogens (tertiary/aromatic N) is 2. The monoisotopic (exact) mass is 301 g/mol. The molecule has 1 aromatic heterocycles. The van der Waals surface area contributed by atoms with E-state index in [2.05, 4.69) is 46.8 Å². The van der Waals surface area contributed by atoms with Crippen LogP contribution in [0.5, 0.6) is 0 Å². The van der Waals surface area contributed by atoms with E-state index in [1.807, 2.05) is 0 Å². The van der Waals surface area contributed by atoms with Crippen LogP contribution in [0.15, 0.2) is 29.6 Å². The second-order valence-electron chi connectivity index (χ2n) is 5.64. The summed E-state index contributed by atoms with van der Waals surface area (Å²) >= 11 is 1.77. The highest BCUT2D eigenvalue weighted by molar-refractivity contribution is 7.09. The van der Waals surface area contributed by atoms with Crippen LogP contribution in [0.25, 0.3) is 0 Å². The van der Waals surface area contributed by atoms with E-state index in [9.17, 15) is 0 Å². The first-order chi connectivity index (χ1) is 10.3. The van der Waals surface area contributed by atoms with Gasteiger partial charge in [0.15, 0.2) is 0 Å². The fraction of sp³-hybridized carbons (Fsp3) is 0.471. The fourth-order valence-corrected chi connectivity index (χ4v) is 3.55. The molecular formula is C17H23N3S. The van der Waals surface area contributed by atoms with Crippen LogP contribution in [0.1, 0.15) is 35.2 Å². The van der Waals surface area contributed by atoms with Gasteiger partial charge in [0, 0.05) is 31.6 Å². The summed E-state index contributed by atoms with van der Waals surface area (Å²) in [4.78, 5) is 7.25. The van der Waals surface area contributed by atoms with E-state index in [4.69, 9.17) is 4.98 Å². The Morgan fingerprint density at radius 2 is 2.14 bits per heavy atom. The lowest BCUT2D eigenvalue weighted by atomic mass is 10.00. The van der Waals surface area contributed by atoms with Gasteiger partial charge in [0.05, 0.1) is 5.69 Å². The lowest BCUT2D eigenvalue weighted by molar-refractivity contribution is 0.243. The Bertz CT molecular complexity index is 579.